The van der Waals surface area contributed by atoms with Crippen molar-refractivity contribution in [2.75, 3.05) is 0 Å². The van der Waals surface area contributed by atoms with E-state index in [4.69, 9.17) is 8.53 Å². The Morgan fingerprint density at radius 2 is 1.86 bits per heavy atom. The normalized spacial score (nSPS) is 13.4. The number of hydrogen-bond acceptors (Lipinski definition) is 2. The Balaban J connectivity index is 1.62. The number of benzene rings is 2. The fraction of sp³-hybridized carbons (Fsp3) is 0.120. The number of para-hydroxylation sites is 1. The van der Waals surface area contributed by atoms with E-state index < -0.39 is 6.85 Å². The van der Waals surface area contributed by atoms with Crippen molar-refractivity contribution < 1.29 is 13.1 Å². The summed E-state index contributed by atoms with van der Waals surface area (Å²) in [4.78, 5) is 4.36. The Labute approximate surface area is 168 Å². The Bertz CT molecular complexity index is 1430. The molecule has 5 rings (SSSR count). The van der Waals surface area contributed by atoms with Crippen LogP contribution in [0.4, 0.5) is 0 Å². The second kappa shape index (κ2) is 6.31. The summed E-state index contributed by atoms with van der Waals surface area (Å²) in [5.74, 6) is 0. The SMILES string of the molecule is [2H]C([2H])([2H])c1ccc(-c2ccc(-c3c(C)ccc4c3oc3ccccc34)[n+](C)c2)nc1. The zero-order valence-electron chi connectivity index (χ0n) is 18.7. The number of aryl methyl sites for hydroxylation is 3. The van der Waals surface area contributed by atoms with Crippen molar-refractivity contribution >= 4 is 21.9 Å². The average Bonchev–Trinajstić information content (AvgIpc) is 3.12. The fourth-order valence-electron chi connectivity index (χ4n) is 3.79. The summed E-state index contributed by atoms with van der Waals surface area (Å²) in [6.45, 7) is -0.0617. The average molecular weight is 368 g/mol. The maximum Gasteiger partial charge on any atom is 0.216 e. The molecule has 0 amide bonds. The maximum atomic E-state index is 7.51. The fourth-order valence-corrected chi connectivity index (χ4v) is 3.79. The summed E-state index contributed by atoms with van der Waals surface area (Å²) in [5.41, 5.74) is 6.87. The van der Waals surface area contributed by atoms with Crippen molar-refractivity contribution in [3.05, 3.63) is 84.2 Å². The Kier molecular flexibility index (Phi) is 3.08. The molecular formula is C25H21N2O+. The molecule has 28 heavy (non-hydrogen) atoms. The van der Waals surface area contributed by atoms with Gasteiger partial charge in [0, 0.05) is 27.1 Å². The van der Waals surface area contributed by atoms with Gasteiger partial charge in [0.2, 0.25) is 5.69 Å². The van der Waals surface area contributed by atoms with Gasteiger partial charge in [0.05, 0.1) is 16.8 Å². The number of aromatic nitrogens is 2. The van der Waals surface area contributed by atoms with Gasteiger partial charge in [0.1, 0.15) is 18.2 Å². The van der Waals surface area contributed by atoms with Crippen LogP contribution in [0.25, 0.3) is 44.5 Å². The minimum atomic E-state index is -2.15. The maximum absolute atomic E-state index is 7.51. The van der Waals surface area contributed by atoms with E-state index in [2.05, 4.69) is 40.7 Å². The van der Waals surface area contributed by atoms with E-state index in [1.807, 2.05) is 37.5 Å². The van der Waals surface area contributed by atoms with E-state index in [0.29, 0.717) is 0 Å². The van der Waals surface area contributed by atoms with Gasteiger partial charge in [-0.2, -0.15) is 0 Å². The molecule has 0 saturated carbocycles. The van der Waals surface area contributed by atoms with E-state index in [1.54, 1.807) is 12.1 Å². The highest BCUT2D eigenvalue weighted by Gasteiger charge is 2.21. The molecule has 3 aromatic heterocycles. The molecule has 3 heterocycles. The van der Waals surface area contributed by atoms with Gasteiger partial charge in [0.25, 0.3) is 0 Å². The Morgan fingerprint density at radius 1 is 0.964 bits per heavy atom. The Morgan fingerprint density at radius 3 is 2.64 bits per heavy atom. The molecule has 0 aliphatic heterocycles. The molecule has 0 spiro atoms. The first kappa shape index (κ1) is 13.7. The van der Waals surface area contributed by atoms with Crippen LogP contribution >= 0.6 is 0 Å². The van der Waals surface area contributed by atoms with Gasteiger partial charge >= 0.3 is 0 Å². The smallest absolute Gasteiger partial charge is 0.216 e. The van der Waals surface area contributed by atoms with Crippen LogP contribution in [0.1, 0.15) is 15.2 Å². The standard InChI is InChI=1S/C25H21N2O/c1-16-8-12-21(26-14-16)18-10-13-22(27(3)15-18)24-17(2)9-11-20-19-6-4-5-7-23(19)28-25(20)24/h4-15H,1-3H3/q+1/i1D3. The van der Waals surface area contributed by atoms with Crippen LogP contribution in [0.3, 0.4) is 0 Å². The zero-order chi connectivity index (χ0) is 21.8. The van der Waals surface area contributed by atoms with Gasteiger partial charge in [0.15, 0.2) is 6.20 Å². The van der Waals surface area contributed by atoms with Crippen molar-refractivity contribution in [2.45, 2.75) is 13.8 Å². The van der Waals surface area contributed by atoms with Gasteiger partial charge in [-0.05, 0) is 43.1 Å². The molecule has 3 nitrogen and oxygen atoms in total. The zero-order valence-corrected chi connectivity index (χ0v) is 15.7. The van der Waals surface area contributed by atoms with Gasteiger partial charge in [-0.3, -0.25) is 4.98 Å². The topological polar surface area (TPSA) is 29.9 Å². The summed E-state index contributed by atoms with van der Waals surface area (Å²) in [6, 6.07) is 19.8. The van der Waals surface area contributed by atoms with Crippen LogP contribution in [-0.4, -0.2) is 4.98 Å². The van der Waals surface area contributed by atoms with Gasteiger partial charge in [-0.15, -0.1) is 0 Å². The minimum absolute atomic E-state index is 0.240. The van der Waals surface area contributed by atoms with Crippen LogP contribution in [0.2, 0.25) is 0 Å². The third kappa shape index (κ3) is 2.59. The second-order valence-electron chi connectivity index (χ2n) is 7.08. The Hall–Kier alpha value is -3.46. The van der Waals surface area contributed by atoms with Gasteiger partial charge in [-0.1, -0.05) is 36.4 Å². The highest BCUT2D eigenvalue weighted by molar-refractivity contribution is 6.09. The minimum Gasteiger partial charge on any atom is -0.455 e. The molecule has 0 unspecified atom stereocenters. The molecule has 0 aliphatic carbocycles. The van der Waals surface area contributed by atoms with Crippen molar-refractivity contribution in [1.82, 2.24) is 4.98 Å². The van der Waals surface area contributed by atoms with Crippen molar-refractivity contribution in [3.63, 3.8) is 0 Å². The lowest BCUT2D eigenvalue weighted by atomic mass is 10.00. The monoisotopic (exact) mass is 368 g/mol. The molecule has 0 fully saturated rings. The molecule has 0 atom stereocenters. The number of nitrogens with zero attached hydrogens (tertiary/aromatic N) is 2. The molecule has 0 N–H and O–H groups in total. The predicted molar refractivity (Wildman–Crippen MR) is 113 cm³/mol. The van der Waals surface area contributed by atoms with Gasteiger partial charge < -0.3 is 4.42 Å². The van der Waals surface area contributed by atoms with Crippen molar-refractivity contribution in [2.24, 2.45) is 7.05 Å². The van der Waals surface area contributed by atoms with E-state index >= 15 is 0 Å². The summed E-state index contributed by atoms with van der Waals surface area (Å²) >= 11 is 0. The first-order valence-corrected chi connectivity index (χ1v) is 9.21. The third-order valence-corrected chi connectivity index (χ3v) is 5.20. The first-order chi connectivity index (χ1) is 14.8. The van der Waals surface area contributed by atoms with Crippen molar-refractivity contribution in [1.29, 1.82) is 0 Å². The number of hydrogen-bond donors (Lipinski definition) is 0. The van der Waals surface area contributed by atoms with Crippen LogP contribution < -0.4 is 4.57 Å². The van der Waals surface area contributed by atoms with Crippen molar-refractivity contribution in [3.8, 4) is 22.5 Å². The number of fused-ring (bicyclic) bond motifs is 3. The molecule has 5 aromatic rings. The summed E-state index contributed by atoms with van der Waals surface area (Å²) in [6.07, 6.45) is 3.43. The summed E-state index contributed by atoms with van der Waals surface area (Å²) < 4.78 is 30.8. The van der Waals surface area contributed by atoms with E-state index in [9.17, 15) is 0 Å². The van der Waals surface area contributed by atoms with E-state index in [0.717, 1.165) is 50.0 Å². The van der Waals surface area contributed by atoms with Crippen LogP contribution in [0.5, 0.6) is 0 Å². The lowest BCUT2D eigenvalue weighted by Crippen LogP contribution is -2.31. The van der Waals surface area contributed by atoms with Crippen LogP contribution in [-0.2, 0) is 7.05 Å². The second-order valence-corrected chi connectivity index (χ2v) is 7.08. The quantitative estimate of drug-likeness (QED) is 0.371. The molecule has 2 aromatic carbocycles. The van der Waals surface area contributed by atoms with Crippen LogP contribution in [0.15, 0.2) is 77.5 Å². The lowest BCUT2D eigenvalue weighted by molar-refractivity contribution is -0.659. The molecular weight excluding hydrogens is 344 g/mol. The van der Waals surface area contributed by atoms with E-state index in [1.165, 1.54) is 6.20 Å². The van der Waals surface area contributed by atoms with Crippen LogP contribution in [0, 0.1) is 13.8 Å². The first-order valence-electron chi connectivity index (χ1n) is 10.7. The largest absolute Gasteiger partial charge is 0.455 e. The van der Waals surface area contributed by atoms with E-state index in [-0.39, 0.29) is 5.56 Å². The molecule has 0 aliphatic rings. The number of pyridine rings is 2. The predicted octanol–water partition coefficient (Wildman–Crippen LogP) is 5.76. The molecule has 3 heteroatoms. The molecule has 0 bridgehead atoms. The highest BCUT2D eigenvalue weighted by Crippen LogP contribution is 2.36. The number of furan rings is 1. The molecule has 136 valence electrons. The summed E-state index contributed by atoms with van der Waals surface area (Å²) in [7, 11) is 2.00. The number of rotatable bonds is 2. The highest BCUT2D eigenvalue weighted by atomic mass is 16.3. The third-order valence-electron chi connectivity index (χ3n) is 5.20. The van der Waals surface area contributed by atoms with Gasteiger partial charge in [-0.25, -0.2) is 4.57 Å². The lowest BCUT2D eigenvalue weighted by Gasteiger charge is -2.07. The molecule has 0 saturated heterocycles. The summed E-state index contributed by atoms with van der Waals surface area (Å²) in [5, 5.41) is 2.21. The molecule has 0 radical (unpaired) electrons.